The molecule has 0 bridgehead atoms. The highest BCUT2D eigenvalue weighted by Gasteiger charge is 2.34. The number of rotatable bonds is 5. The summed E-state index contributed by atoms with van der Waals surface area (Å²) >= 11 is 0. The number of amides is 1. The number of piperidine rings is 1. The van der Waals surface area contributed by atoms with Gasteiger partial charge in [0.05, 0.1) is 4.90 Å². The summed E-state index contributed by atoms with van der Waals surface area (Å²) in [7, 11) is -3.89. The Morgan fingerprint density at radius 3 is 2.33 bits per heavy atom. The number of anilines is 1. The molecule has 2 aromatic carbocycles. The van der Waals surface area contributed by atoms with Crippen molar-refractivity contribution >= 4 is 21.6 Å². The topological polar surface area (TPSA) is 107 Å². The van der Waals surface area contributed by atoms with Gasteiger partial charge < -0.3 is 15.1 Å². The molecule has 3 aromatic rings. The van der Waals surface area contributed by atoms with Gasteiger partial charge in [-0.3, -0.25) is 4.79 Å². The molecule has 2 N–H and O–H groups in total. The Hall–Kier alpha value is -3.13. The molecule has 0 atom stereocenters. The quantitative estimate of drug-likeness (QED) is 0.673. The normalized spacial score (nSPS) is 15.3. The number of hydrogen-bond donors (Lipinski definition) is 1. The molecule has 1 fully saturated rings. The number of aromatic nitrogens is 1. The molecular formula is C22H23N3O4S. The maximum absolute atomic E-state index is 13.4. The zero-order chi connectivity index (χ0) is 21.3. The van der Waals surface area contributed by atoms with Gasteiger partial charge in [-0.05, 0) is 43.5 Å². The molecule has 1 aliphatic heterocycles. The summed E-state index contributed by atoms with van der Waals surface area (Å²) < 4.78 is 32.8. The van der Waals surface area contributed by atoms with E-state index in [0.717, 1.165) is 11.1 Å². The predicted molar refractivity (Wildman–Crippen MR) is 113 cm³/mol. The SMILES string of the molecule is Cc1ccccc1-c1nc(S(=O)(=O)c2ccccc2)c(N2CCC(C(N)=O)CC2)o1. The summed E-state index contributed by atoms with van der Waals surface area (Å²) in [6.07, 6.45) is 1.08. The number of oxazole rings is 1. The second-order valence-corrected chi connectivity index (χ2v) is 9.29. The van der Waals surface area contributed by atoms with Crippen molar-refractivity contribution in [3.63, 3.8) is 0 Å². The zero-order valence-electron chi connectivity index (χ0n) is 16.6. The van der Waals surface area contributed by atoms with E-state index in [1.54, 1.807) is 30.3 Å². The van der Waals surface area contributed by atoms with Gasteiger partial charge >= 0.3 is 0 Å². The van der Waals surface area contributed by atoms with Gasteiger partial charge in [0.1, 0.15) is 0 Å². The Bertz CT molecular complexity index is 1160. The number of hydrogen-bond acceptors (Lipinski definition) is 6. The van der Waals surface area contributed by atoms with E-state index in [2.05, 4.69) is 4.98 Å². The number of nitrogens with two attached hydrogens (primary N) is 1. The first-order valence-electron chi connectivity index (χ1n) is 9.79. The standard InChI is InChI=1S/C22H23N3O4S/c1-15-7-5-6-10-18(15)20-24-21(30(27,28)17-8-3-2-4-9-17)22(29-20)25-13-11-16(12-14-25)19(23)26/h2-10,16H,11-14H2,1H3,(H2,23,26). The number of aryl methyl sites for hydroxylation is 1. The molecule has 156 valence electrons. The lowest BCUT2D eigenvalue weighted by Crippen LogP contribution is -2.38. The Kier molecular flexibility index (Phi) is 5.34. The van der Waals surface area contributed by atoms with Crippen LogP contribution in [0.15, 0.2) is 68.9 Å². The van der Waals surface area contributed by atoms with E-state index < -0.39 is 9.84 Å². The molecule has 1 saturated heterocycles. The summed E-state index contributed by atoms with van der Waals surface area (Å²) in [6, 6.07) is 15.7. The Morgan fingerprint density at radius 2 is 1.70 bits per heavy atom. The van der Waals surface area contributed by atoms with E-state index in [4.69, 9.17) is 10.2 Å². The van der Waals surface area contributed by atoms with E-state index >= 15 is 0 Å². The molecule has 0 unspecified atom stereocenters. The summed E-state index contributed by atoms with van der Waals surface area (Å²) in [5.74, 6) is -0.0752. The number of carbonyl (C=O) groups excluding carboxylic acids is 1. The summed E-state index contributed by atoms with van der Waals surface area (Å²) in [5.41, 5.74) is 7.10. The highest BCUT2D eigenvalue weighted by Crippen LogP contribution is 2.37. The van der Waals surface area contributed by atoms with E-state index in [9.17, 15) is 13.2 Å². The van der Waals surface area contributed by atoms with Crippen molar-refractivity contribution < 1.29 is 17.6 Å². The van der Waals surface area contributed by atoms with Gasteiger partial charge in [0.15, 0.2) is 0 Å². The summed E-state index contributed by atoms with van der Waals surface area (Å²) in [5, 5.41) is -0.107. The fourth-order valence-corrected chi connectivity index (χ4v) is 5.02. The van der Waals surface area contributed by atoms with Gasteiger partial charge in [0.25, 0.3) is 0 Å². The maximum Gasteiger partial charge on any atom is 0.236 e. The molecule has 0 saturated carbocycles. The minimum absolute atomic E-state index is 0.107. The van der Waals surface area contributed by atoms with Crippen LogP contribution in [-0.4, -0.2) is 32.4 Å². The summed E-state index contributed by atoms with van der Waals surface area (Å²) in [6.45, 7) is 2.85. The van der Waals surface area contributed by atoms with Crippen molar-refractivity contribution in [1.82, 2.24) is 4.98 Å². The van der Waals surface area contributed by atoms with Crippen molar-refractivity contribution in [1.29, 1.82) is 0 Å². The van der Waals surface area contributed by atoms with Gasteiger partial charge in [0.2, 0.25) is 32.5 Å². The van der Waals surface area contributed by atoms with Crippen molar-refractivity contribution in [3.8, 4) is 11.5 Å². The highest BCUT2D eigenvalue weighted by molar-refractivity contribution is 7.91. The first-order chi connectivity index (χ1) is 14.4. The predicted octanol–water partition coefficient (Wildman–Crippen LogP) is 3.18. The maximum atomic E-state index is 13.4. The van der Waals surface area contributed by atoms with Crippen LogP contribution >= 0.6 is 0 Å². The molecule has 1 amide bonds. The first kappa shape index (κ1) is 20.2. The Morgan fingerprint density at radius 1 is 1.07 bits per heavy atom. The number of benzene rings is 2. The van der Waals surface area contributed by atoms with Gasteiger partial charge in [-0.15, -0.1) is 0 Å². The third-order valence-electron chi connectivity index (χ3n) is 5.45. The summed E-state index contributed by atoms with van der Waals surface area (Å²) in [4.78, 5) is 17.9. The molecule has 7 nitrogen and oxygen atoms in total. The second-order valence-electron chi connectivity index (χ2n) is 7.42. The van der Waals surface area contributed by atoms with Crippen LogP contribution in [0, 0.1) is 12.8 Å². The van der Waals surface area contributed by atoms with E-state index in [1.165, 1.54) is 0 Å². The van der Waals surface area contributed by atoms with E-state index in [1.807, 2.05) is 36.1 Å². The largest absolute Gasteiger partial charge is 0.419 e. The third-order valence-corrected chi connectivity index (χ3v) is 7.12. The minimum Gasteiger partial charge on any atom is -0.419 e. The molecule has 0 radical (unpaired) electrons. The van der Waals surface area contributed by atoms with Crippen LogP contribution in [0.4, 0.5) is 5.88 Å². The van der Waals surface area contributed by atoms with Gasteiger partial charge in [-0.1, -0.05) is 36.4 Å². The van der Waals surface area contributed by atoms with Crippen LogP contribution in [0.25, 0.3) is 11.5 Å². The van der Waals surface area contributed by atoms with Gasteiger partial charge in [-0.25, -0.2) is 8.42 Å². The number of primary amides is 1. The molecule has 2 heterocycles. The molecule has 1 aromatic heterocycles. The van der Waals surface area contributed by atoms with E-state index in [0.29, 0.717) is 25.9 Å². The Balaban J connectivity index is 1.80. The van der Waals surface area contributed by atoms with Crippen LogP contribution in [-0.2, 0) is 14.6 Å². The van der Waals surface area contributed by atoms with Crippen molar-refractivity contribution in [2.75, 3.05) is 18.0 Å². The van der Waals surface area contributed by atoms with Crippen molar-refractivity contribution in [2.24, 2.45) is 11.7 Å². The molecule has 0 aliphatic carbocycles. The first-order valence-corrected chi connectivity index (χ1v) is 11.3. The van der Waals surface area contributed by atoms with Gasteiger partial charge in [-0.2, -0.15) is 4.98 Å². The lowest BCUT2D eigenvalue weighted by Gasteiger charge is -2.30. The average molecular weight is 426 g/mol. The van der Waals surface area contributed by atoms with Crippen molar-refractivity contribution in [2.45, 2.75) is 29.7 Å². The molecular weight excluding hydrogens is 402 g/mol. The highest BCUT2D eigenvalue weighted by atomic mass is 32.2. The van der Waals surface area contributed by atoms with Crippen LogP contribution < -0.4 is 10.6 Å². The second kappa shape index (κ2) is 7.95. The number of nitrogens with zero attached hydrogens (tertiary/aromatic N) is 2. The smallest absolute Gasteiger partial charge is 0.236 e. The number of carbonyl (C=O) groups is 1. The molecule has 8 heteroatoms. The monoisotopic (exact) mass is 425 g/mol. The van der Waals surface area contributed by atoms with Crippen LogP contribution in [0.2, 0.25) is 0 Å². The average Bonchev–Trinajstić information content (AvgIpc) is 3.21. The minimum atomic E-state index is -3.89. The number of sulfone groups is 1. The zero-order valence-corrected chi connectivity index (χ0v) is 17.4. The fourth-order valence-electron chi connectivity index (χ4n) is 3.68. The van der Waals surface area contributed by atoms with Crippen molar-refractivity contribution in [3.05, 3.63) is 60.2 Å². The van der Waals surface area contributed by atoms with Crippen LogP contribution in [0.5, 0.6) is 0 Å². The third kappa shape index (κ3) is 3.70. The molecule has 1 aliphatic rings. The van der Waals surface area contributed by atoms with Gasteiger partial charge in [0, 0.05) is 24.6 Å². The lowest BCUT2D eigenvalue weighted by molar-refractivity contribution is -0.122. The molecule has 4 rings (SSSR count). The molecule has 0 spiro atoms. The lowest BCUT2D eigenvalue weighted by atomic mass is 9.96. The van der Waals surface area contributed by atoms with Crippen LogP contribution in [0.1, 0.15) is 18.4 Å². The Labute approximate surface area is 175 Å². The van der Waals surface area contributed by atoms with Crippen LogP contribution in [0.3, 0.4) is 0 Å². The fraction of sp³-hybridized carbons (Fsp3) is 0.273. The molecule has 30 heavy (non-hydrogen) atoms. The van der Waals surface area contributed by atoms with E-state index in [-0.39, 0.29) is 33.5 Å².